The molecule has 140 valence electrons. The van der Waals surface area contributed by atoms with Gasteiger partial charge < -0.3 is 9.64 Å². The summed E-state index contributed by atoms with van der Waals surface area (Å²) in [5.74, 6) is 0. The van der Waals surface area contributed by atoms with Gasteiger partial charge in [-0.15, -0.1) is 0 Å². The molecule has 1 aliphatic carbocycles. The number of aryl methyl sites for hydroxylation is 2. The van der Waals surface area contributed by atoms with E-state index in [0.29, 0.717) is 0 Å². The summed E-state index contributed by atoms with van der Waals surface area (Å²) in [5, 5.41) is 0. The number of hydrogen-bond acceptors (Lipinski definition) is 3. The number of ether oxygens (including phenoxy) is 1. The van der Waals surface area contributed by atoms with Gasteiger partial charge in [0.25, 0.3) is 0 Å². The highest BCUT2D eigenvalue weighted by molar-refractivity contribution is 5.79. The second-order valence-corrected chi connectivity index (χ2v) is 8.12. The highest BCUT2D eigenvalue weighted by Gasteiger charge is 2.70. The Labute approximate surface area is 156 Å². The molecule has 0 spiro atoms. The fourth-order valence-corrected chi connectivity index (χ4v) is 6.34. The van der Waals surface area contributed by atoms with E-state index in [-0.39, 0.29) is 17.2 Å². The van der Waals surface area contributed by atoms with Crippen LogP contribution in [0, 0.1) is 13.8 Å². The minimum atomic E-state index is -0.372. The lowest BCUT2D eigenvalue weighted by Crippen LogP contribution is -2.64. The van der Waals surface area contributed by atoms with Gasteiger partial charge >= 0.3 is 6.09 Å². The monoisotopic (exact) mass is 354 g/mol. The van der Waals surface area contributed by atoms with Crippen molar-refractivity contribution in [3.63, 3.8) is 0 Å². The van der Waals surface area contributed by atoms with Crippen LogP contribution in [0.4, 0.5) is 10.5 Å². The lowest BCUT2D eigenvalue weighted by Gasteiger charge is -2.50. The van der Waals surface area contributed by atoms with E-state index in [0.717, 1.165) is 45.2 Å². The third kappa shape index (κ3) is 1.83. The molecule has 4 nitrogen and oxygen atoms in total. The molecule has 3 aliphatic rings. The fourth-order valence-electron chi connectivity index (χ4n) is 6.34. The zero-order chi connectivity index (χ0) is 18.7. The molecule has 1 aromatic carbocycles. The summed E-state index contributed by atoms with van der Waals surface area (Å²) in [4.78, 5) is 17.3. The highest BCUT2D eigenvalue weighted by Crippen LogP contribution is 2.65. The molecular formula is C22H30N2O2. The Kier molecular flexibility index (Phi) is 3.87. The standard InChI is InChI=1S/C22H30N2O2/c1-6-23-18-14-15(2)13-16(3)19(18)21-11-12-24(20(25)26-5)22(21,23)10-8-7-9-17(21)4/h13-14H,4,6-12H2,1-3,5H3/t21-,22+/m0/s1. The van der Waals surface area contributed by atoms with Crippen molar-refractivity contribution in [3.05, 3.63) is 41.0 Å². The van der Waals surface area contributed by atoms with E-state index in [9.17, 15) is 4.79 Å². The topological polar surface area (TPSA) is 32.8 Å². The summed E-state index contributed by atoms with van der Waals surface area (Å²) in [7, 11) is 1.50. The van der Waals surface area contributed by atoms with Crippen LogP contribution in [-0.2, 0) is 10.2 Å². The Morgan fingerprint density at radius 1 is 1.27 bits per heavy atom. The molecule has 0 radical (unpaired) electrons. The summed E-state index contributed by atoms with van der Waals surface area (Å²) in [5.41, 5.74) is 6.05. The van der Waals surface area contributed by atoms with E-state index in [2.05, 4.69) is 44.4 Å². The van der Waals surface area contributed by atoms with Crippen LogP contribution in [0.1, 0.15) is 55.7 Å². The van der Waals surface area contributed by atoms with Crippen LogP contribution in [0.25, 0.3) is 0 Å². The number of likely N-dealkylation sites (tertiary alicyclic amines) is 1. The van der Waals surface area contributed by atoms with Gasteiger partial charge in [-0.05, 0) is 75.6 Å². The molecule has 2 atom stereocenters. The molecule has 26 heavy (non-hydrogen) atoms. The predicted octanol–water partition coefficient (Wildman–Crippen LogP) is 4.68. The van der Waals surface area contributed by atoms with Crippen molar-refractivity contribution in [2.75, 3.05) is 25.1 Å². The van der Waals surface area contributed by atoms with E-state index < -0.39 is 0 Å². The Morgan fingerprint density at radius 3 is 2.73 bits per heavy atom. The second kappa shape index (κ2) is 5.77. The van der Waals surface area contributed by atoms with Crippen LogP contribution in [0.5, 0.6) is 0 Å². The number of anilines is 1. The van der Waals surface area contributed by atoms with E-state index in [4.69, 9.17) is 4.74 Å². The number of carbonyl (C=O) groups excluding carboxylic acids is 1. The lowest BCUT2D eigenvalue weighted by atomic mass is 9.65. The smallest absolute Gasteiger partial charge is 0.411 e. The zero-order valence-electron chi connectivity index (χ0n) is 16.5. The van der Waals surface area contributed by atoms with Crippen LogP contribution in [0.3, 0.4) is 0 Å². The Bertz CT molecular complexity index is 787. The van der Waals surface area contributed by atoms with Crippen LogP contribution in [0.2, 0.25) is 0 Å². The maximum atomic E-state index is 12.8. The minimum absolute atomic E-state index is 0.180. The van der Waals surface area contributed by atoms with E-state index >= 15 is 0 Å². The average Bonchev–Trinajstić information content (AvgIpc) is 3.00. The largest absolute Gasteiger partial charge is 0.453 e. The first-order valence-corrected chi connectivity index (χ1v) is 9.87. The highest BCUT2D eigenvalue weighted by atomic mass is 16.5. The van der Waals surface area contributed by atoms with Gasteiger partial charge in [-0.2, -0.15) is 0 Å². The number of fused-ring (bicyclic) bond motifs is 1. The molecule has 0 unspecified atom stereocenters. The van der Waals surface area contributed by atoms with Crippen molar-refractivity contribution < 1.29 is 9.53 Å². The SMILES string of the molecule is C=C1CCCC[C@@]23N(C(=O)OC)CC[C@@]12c1c(C)cc(C)cc1N3CC. The molecule has 0 bridgehead atoms. The molecule has 4 rings (SSSR count). The minimum Gasteiger partial charge on any atom is -0.453 e. The first-order chi connectivity index (χ1) is 12.4. The van der Waals surface area contributed by atoms with Crippen molar-refractivity contribution >= 4 is 11.8 Å². The molecule has 2 heterocycles. The van der Waals surface area contributed by atoms with Gasteiger partial charge in [0.2, 0.25) is 0 Å². The normalized spacial score (nSPS) is 29.9. The summed E-state index contributed by atoms with van der Waals surface area (Å²) in [6.07, 6.45) is 5.01. The van der Waals surface area contributed by atoms with Crippen molar-refractivity contribution in [1.29, 1.82) is 0 Å². The molecule has 1 aromatic rings. The number of carbonyl (C=O) groups is 1. The molecule has 2 aliphatic heterocycles. The number of hydrogen-bond donors (Lipinski definition) is 0. The van der Waals surface area contributed by atoms with Crippen LogP contribution < -0.4 is 4.90 Å². The third-order valence-corrected chi connectivity index (χ3v) is 7.03. The van der Waals surface area contributed by atoms with Gasteiger partial charge in [0, 0.05) is 18.8 Å². The van der Waals surface area contributed by atoms with Gasteiger partial charge in [-0.3, -0.25) is 4.90 Å². The Balaban J connectivity index is 2.07. The molecule has 2 fully saturated rings. The van der Waals surface area contributed by atoms with Crippen molar-refractivity contribution in [1.82, 2.24) is 4.90 Å². The molecular weight excluding hydrogens is 324 g/mol. The van der Waals surface area contributed by atoms with E-state index in [1.807, 2.05) is 4.90 Å². The van der Waals surface area contributed by atoms with Crippen LogP contribution in [-0.4, -0.2) is 36.9 Å². The first kappa shape index (κ1) is 17.4. The summed E-state index contributed by atoms with van der Waals surface area (Å²) in [6, 6.07) is 4.59. The quantitative estimate of drug-likeness (QED) is 0.687. The van der Waals surface area contributed by atoms with Gasteiger partial charge in [0.15, 0.2) is 0 Å². The molecule has 0 N–H and O–H groups in total. The second-order valence-electron chi connectivity index (χ2n) is 8.12. The van der Waals surface area contributed by atoms with Gasteiger partial charge in [-0.1, -0.05) is 18.2 Å². The summed E-state index contributed by atoms with van der Waals surface area (Å²) < 4.78 is 5.24. The molecule has 1 saturated heterocycles. The van der Waals surface area contributed by atoms with Gasteiger partial charge in [-0.25, -0.2) is 4.79 Å². The van der Waals surface area contributed by atoms with E-state index in [1.54, 1.807) is 0 Å². The molecule has 1 saturated carbocycles. The van der Waals surface area contributed by atoms with Crippen LogP contribution >= 0.6 is 0 Å². The maximum Gasteiger partial charge on any atom is 0.411 e. The van der Waals surface area contributed by atoms with Gasteiger partial charge in [0.05, 0.1) is 12.5 Å². The third-order valence-electron chi connectivity index (χ3n) is 7.03. The number of amides is 1. The summed E-state index contributed by atoms with van der Waals surface area (Å²) in [6.45, 7) is 12.8. The average molecular weight is 354 g/mol. The number of methoxy groups -OCH3 is 1. The zero-order valence-corrected chi connectivity index (χ0v) is 16.5. The number of rotatable bonds is 1. The summed E-state index contributed by atoms with van der Waals surface area (Å²) >= 11 is 0. The number of nitrogens with zero attached hydrogens (tertiary/aromatic N) is 2. The molecule has 1 amide bonds. The lowest BCUT2D eigenvalue weighted by molar-refractivity contribution is 0.0661. The number of benzene rings is 1. The van der Waals surface area contributed by atoms with Gasteiger partial charge in [0.1, 0.15) is 5.66 Å². The van der Waals surface area contributed by atoms with E-state index in [1.165, 1.54) is 35.1 Å². The van der Waals surface area contributed by atoms with Crippen molar-refractivity contribution in [3.8, 4) is 0 Å². The number of likely N-dealkylation sites (N-methyl/N-ethyl adjacent to an activating group) is 1. The maximum absolute atomic E-state index is 12.8. The Morgan fingerprint density at radius 2 is 2.04 bits per heavy atom. The molecule has 4 heteroatoms. The van der Waals surface area contributed by atoms with Crippen molar-refractivity contribution in [2.45, 2.75) is 64.0 Å². The van der Waals surface area contributed by atoms with Crippen molar-refractivity contribution in [2.24, 2.45) is 0 Å². The predicted molar refractivity (Wildman–Crippen MR) is 105 cm³/mol. The Hall–Kier alpha value is -1.97. The fraction of sp³-hybridized carbons (Fsp3) is 0.591. The van der Waals surface area contributed by atoms with Crippen LogP contribution in [0.15, 0.2) is 24.3 Å². The first-order valence-electron chi connectivity index (χ1n) is 9.87. The molecule has 0 aromatic heterocycles.